The molecule has 7 heteroatoms. The summed E-state index contributed by atoms with van der Waals surface area (Å²) in [5, 5.41) is 0. The molecule has 0 aliphatic carbocycles. The van der Waals surface area contributed by atoms with Gasteiger partial charge < -0.3 is 19.1 Å². The highest BCUT2D eigenvalue weighted by Crippen LogP contribution is 2.14. The van der Waals surface area contributed by atoms with Crippen LogP contribution in [0.15, 0.2) is 48.8 Å². The lowest BCUT2D eigenvalue weighted by Crippen LogP contribution is -2.52. The molecule has 0 bridgehead atoms. The molecule has 0 N–H and O–H groups in total. The Kier molecular flexibility index (Phi) is 5.73. The molecule has 28 heavy (non-hydrogen) atoms. The summed E-state index contributed by atoms with van der Waals surface area (Å²) in [5.41, 5.74) is 1.68. The smallest absolute Gasteiger partial charge is 0.254 e. The van der Waals surface area contributed by atoms with E-state index in [1.807, 2.05) is 63.2 Å². The molecule has 2 aromatic rings. The third-order valence-electron chi connectivity index (χ3n) is 5.38. The Bertz CT molecular complexity index is 807. The van der Waals surface area contributed by atoms with Crippen molar-refractivity contribution in [1.29, 1.82) is 0 Å². The molecule has 0 saturated carbocycles. The van der Waals surface area contributed by atoms with Crippen LogP contribution >= 0.6 is 0 Å². The highest BCUT2D eigenvalue weighted by Gasteiger charge is 2.25. The SMILES string of the molecule is O=C(CN1CCN(C(=O)c2cccc(-n3cccc3)c2)CC1)N1CCOCC1. The normalized spacial score (nSPS) is 18.3. The summed E-state index contributed by atoms with van der Waals surface area (Å²) in [7, 11) is 0. The first kappa shape index (κ1) is 18.7. The van der Waals surface area contributed by atoms with Crippen LogP contribution in [0.4, 0.5) is 0 Å². The standard InChI is InChI=1S/C21H26N4O3/c26-20(24-12-14-28-15-13-24)17-22-8-10-25(11-9-22)21(27)18-4-3-5-19(16-18)23-6-1-2-7-23/h1-7,16H,8-15,17H2. The molecule has 2 amide bonds. The van der Waals surface area contributed by atoms with E-state index in [-0.39, 0.29) is 11.8 Å². The minimum atomic E-state index is 0.0492. The number of ether oxygens (including phenoxy) is 1. The maximum atomic E-state index is 12.9. The molecule has 2 aliphatic rings. The number of amides is 2. The Balaban J connectivity index is 1.32. The van der Waals surface area contributed by atoms with Crippen LogP contribution in [-0.2, 0) is 9.53 Å². The molecule has 0 spiro atoms. The van der Waals surface area contributed by atoms with Crippen molar-refractivity contribution in [2.45, 2.75) is 0 Å². The third kappa shape index (κ3) is 4.26. The average molecular weight is 382 g/mol. The minimum Gasteiger partial charge on any atom is -0.378 e. The molecule has 0 unspecified atom stereocenters. The predicted molar refractivity (Wildman–Crippen MR) is 106 cm³/mol. The number of hydrogen-bond acceptors (Lipinski definition) is 4. The first-order chi connectivity index (χ1) is 13.7. The molecule has 148 valence electrons. The Morgan fingerprint density at radius 1 is 0.857 bits per heavy atom. The highest BCUT2D eigenvalue weighted by molar-refractivity contribution is 5.94. The fraction of sp³-hybridized carbons (Fsp3) is 0.429. The number of rotatable bonds is 4. The number of carbonyl (C=O) groups excluding carboxylic acids is 2. The van der Waals surface area contributed by atoms with Crippen molar-refractivity contribution in [3.05, 3.63) is 54.4 Å². The predicted octanol–water partition coefficient (Wildman–Crippen LogP) is 1.09. The monoisotopic (exact) mass is 382 g/mol. The van der Waals surface area contributed by atoms with Gasteiger partial charge in [0.25, 0.3) is 5.91 Å². The molecule has 0 atom stereocenters. The summed E-state index contributed by atoms with van der Waals surface area (Å²) in [4.78, 5) is 31.2. The molecular formula is C21H26N4O3. The van der Waals surface area contributed by atoms with Crippen molar-refractivity contribution in [2.24, 2.45) is 0 Å². The van der Waals surface area contributed by atoms with E-state index in [9.17, 15) is 9.59 Å². The number of nitrogens with zero attached hydrogens (tertiary/aromatic N) is 4. The molecule has 4 rings (SSSR count). The van der Waals surface area contributed by atoms with Gasteiger partial charge in [0.1, 0.15) is 0 Å². The van der Waals surface area contributed by atoms with Crippen LogP contribution in [0.5, 0.6) is 0 Å². The van der Waals surface area contributed by atoms with E-state index in [1.54, 1.807) is 0 Å². The van der Waals surface area contributed by atoms with Crippen molar-refractivity contribution in [3.63, 3.8) is 0 Å². The lowest BCUT2D eigenvalue weighted by Gasteiger charge is -2.36. The summed E-state index contributed by atoms with van der Waals surface area (Å²) in [5.74, 6) is 0.204. The first-order valence-electron chi connectivity index (χ1n) is 9.81. The lowest BCUT2D eigenvalue weighted by molar-refractivity contribution is -0.136. The van der Waals surface area contributed by atoms with E-state index in [1.165, 1.54) is 0 Å². The second kappa shape index (κ2) is 8.58. The van der Waals surface area contributed by atoms with Crippen LogP contribution in [0, 0.1) is 0 Å². The van der Waals surface area contributed by atoms with Gasteiger partial charge in [-0.2, -0.15) is 0 Å². The fourth-order valence-corrected chi connectivity index (χ4v) is 3.70. The third-order valence-corrected chi connectivity index (χ3v) is 5.38. The van der Waals surface area contributed by atoms with E-state index in [2.05, 4.69) is 4.90 Å². The van der Waals surface area contributed by atoms with E-state index in [0.29, 0.717) is 51.5 Å². The molecule has 7 nitrogen and oxygen atoms in total. The zero-order valence-electron chi connectivity index (χ0n) is 16.0. The van der Waals surface area contributed by atoms with Gasteiger partial charge in [-0.1, -0.05) is 6.07 Å². The van der Waals surface area contributed by atoms with Gasteiger partial charge in [0.2, 0.25) is 5.91 Å². The zero-order chi connectivity index (χ0) is 19.3. The van der Waals surface area contributed by atoms with Crippen LogP contribution in [-0.4, -0.2) is 90.1 Å². The van der Waals surface area contributed by atoms with E-state index >= 15 is 0 Å². The maximum Gasteiger partial charge on any atom is 0.254 e. The topological polar surface area (TPSA) is 58.0 Å². The molecule has 0 radical (unpaired) electrons. The Hall–Kier alpha value is -2.64. The fourth-order valence-electron chi connectivity index (χ4n) is 3.70. The largest absolute Gasteiger partial charge is 0.378 e. The van der Waals surface area contributed by atoms with E-state index in [4.69, 9.17) is 4.74 Å². The number of morpholine rings is 1. The van der Waals surface area contributed by atoms with Gasteiger partial charge in [0.05, 0.1) is 19.8 Å². The maximum absolute atomic E-state index is 12.9. The molecular weight excluding hydrogens is 356 g/mol. The second-order valence-corrected chi connectivity index (χ2v) is 7.20. The number of aromatic nitrogens is 1. The van der Waals surface area contributed by atoms with Crippen molar-refractivity contribution < 1.29 is 14.3 Å². The number of piperazine rings is 1. The zero-order valence-corrected chi connectivity index (χ0v) is 16.0. The van der Waals surface area contributed by atoms with E-state index in [0.717, 1.165) is 18.8 Å². The van der Waals surface area contributed by atoms with Gasteiger partial charge >= 0.3 is 0 Å². The van der Waals surface area contributed by atoms with Crippen molar-refractivity contribution in [2.75, 3.05) is 59.0 Å². The Labute approximate surface area is 165 Å². The van der Waals surface area contributed by atoms with Crippen LogP contribution in [0.2, 0.25) is 0 Å². The van der Waals surface area contributed by atoms with Crippen LogP contribution in [0.25, 0.3) is 5.69 Å². The van der Waals surface area contributed by atoms with Crippen LogP contribution in [0.1, 0.15) is 10.4 Å². The highest BCUT2D eigenvalue weighted by atomic mass is 16.5. The van der Waals surface area contributed by atoms with Gasteiger partial charge in [-0.3, -0.25) is 14.5 Å². The van der Waals surface area contributed by atoms with Gasteiger partial charge in [0.15, 0.2) is 0 Å². The molecule has 1 aromatic carbocycles. The second-order valence-electron chi connectivity index (χ2n) is 7.20. The quantitative estimate of drug-likeness (QED) is 0.795. The van der Waals surface area contributed by atoms with Crippen molar-refractivity contribution >= 4 is 11.8 Å². The van der Waals surface area contributed by atoms with Crippen LogP contribution in [0.3, 0.4) is 0 Å². The summed E-state index contributed by atoms with van der Waals surface area (Å²) in [6, 6.07) is 11.6. The summed E-state index contributed by atoms with van der Waals surface area (Å²) in [6.45, 7) is 5.74. The van der Waals surface area contributed by atoms with Gasteiger partial charge in [-0.15, -0.1) is 0 Å². The molecule has 2 fully saturated rings. The van der Waals surface area contributed by atoms with E-state index < -0.39 is 0 Å². The number of carbonyl (C=O) groups is 2. The molecule has 2 aliphatic heterocycles. The van der Waals surface area contributed by atoms with Crippen LogP contribution < -0.4 is 0 Å². The van der Waals surface area contributed by atoms with Crippen molar-refractivity contribution in [3.8, 4) is 5.69 Å². The molecule has 3 heterocycles. The summed E-state index contributed by atoms with van der Waals surface area (Å²) >= 11 is 0. The Morgan fingerprint density at radius 3 is 2.29 bits per heavy atom. The lowest BCUT2D eigenvalue weighted by atomic mass is 10.1. The summed E-state index contributed by atoms with van der Waals surface area (Å²) < 4.78 is 7.29. The Morgan fingerprint density at radius 2 is 1.57 bits per heavy atom. The van der Waals surface area contributed by atoms with Gasteiger partial charge in [0, 0.05) is 62.9 Å². The molecule has 2 saturated heterocycles. The minimum absolute atomic E-state index is 0.0492. The molecule has 1 aromatic heterocycles. The van der Waals surface area contributed by atoms with Crippen molar-refractivity contribution in [1.82, 2.24) is 19.3 Å². The van der Waals surface area contributed by atoms with Gasteiger partial charge in [-0.25, -0.2) is 0 Å². The number of benzene rings is 1. The number of hydrogen-bond donors (Lipinski definition) is 0. The van der Waals surface area contributed by atoms with Gasteiger partial charge in [-0.05, 0) is 30.3 Å². The summed E-state index contributed by atoms with van der Waals surface area (Å²) in [6.07, 6.45) is 3.93. The first-order valence-corrected chi connectivity index (χ1v) is 9.81. The average Bonchev–Trinajstić information content (AvgIpc) is 3.29.